The minimum absolute atomic E-state index is 0.0575. The third-order valence-corrected chi connectivity index (χ3v) is 11.7. The minimum atomic E-state index is -4.41. The van der Waals surface area contributed by atoms with Crippen molar-refractivity contribution in [1.82, 2.24) is 29.5 Å². The molecule has 1 amide bonds. The molecule has 0 aliphatic carbocycles. The van der Waals surface area contributed by atoms with Gasteiger partial charge in [-0.2, -0.15) is 23.3 Å². The molecule has 0 bridgehead atoms. The number of hydrogen-bond donors (Lipinski definition) is 5. The Balaban J connectivity index is 0.000000688. The van der Waals surface area contributed by atoms with Gasteiger partial charge in [-0.15, -0.1) is 0 Å². The number of amides is 1. The molecule has 20 heteroatoms. The average molecular weight is 913 g/mol. The molecule has 1 aliphatic heterocycles. The first kappa shape index (κ1) is 49.1. The van der Waals surface area contributed by atoms with Gasteiger partial charge >= 0.3 is 18.1 Å². The third kappa shape index (κ3) is 13.5. The number of likely N-dealkylation sites (tertiary alicyclic amines) is 1. The van der Waals surface area contributed by atoms with Gasteiger partial charge in [-0.25, -0.2) is 14.0 Å². The average Bonchev–Trinajstić information content (AvgIpc) is 3.83. The van der Waals surface area contributed by atoms with E-state index in [4.69, 9.17) is 25.2 Å². The second kappa shape index (κ2) is 22.6. The number of carboxylic acid groups (broad SMARTS) is 2. The number of aliphatic hydroxyl groups excluding tert-OH is 2. The lowest BCUT2D eigenvalue weighted by atomic mass is 9.98. The van der Waals surface area contributed by atoms with E-state index >= 15 is 0 Å². The number of halogens is 4. The zero-order chi connectivity index (χ0) is 46.6. The minimum Gasteiger partial charge on any atom is -0.479 e. The Morgan fingerprint density at radius 1 is 0.922 bits per heavy atom. The van der Waals surface area contributed by atoms with Gasteiger partial charge in [0.15, 0.2) is 17.4 Å². The zero-order valence-electron chi connectivity index (χ0n) is 34.8. The Hall–Kier alpha value is -5.93. The molecular weight excluding hydrogens is 865 g/mol. The van der Waals surface area contributed by atoms with Crippen molar-refractivity contribution in [2.24, 2.45) is 0 Å². The van der Waals surface area contributed by atoms with Crippen molar-refractivity contribution in [2.75, 3.05) is 33.4 Å². The van der Waals surface area contributed by atoms with Crippen molar-refractivity contribution >= 4 is 29.6 Å². The number of thioether (sulfide) groups is 1. The molecule has 1 fully saturated rings. The lowest BCUT2D eigenvalue weighted by molar-refractivity contribution is -0.165. The van der Waals surface area contributed by atoms with Crippen molar-refractivity contribution in [3.8, 4) is 11.1 Å². The third-order valence-electron chi connectivity index (χ3n) is 10.6. The summed E-state index contributed by atoms with van der Waals surface area (Å²) in [5.41, 5.74) is 3.25. The Bertz CT molecular complexity index is 2340. The first-order chi connectivity index (χ1) is 30.4. The second-order valence-corrected chi connectivity index (χ2v) is 15.9. The summed E-state index contributed by atoms with van der Waals surface area (Å²) in [5, 5.41) is 39.7. The summed E-state index contributed by atoms with van der Waals surface area (Å²) < 4.78 is 60.0. The summed E-state index contributed by atoms with van der Waals surface area (Å²) >= 11 is 1.30. The topological polar surface area (TPSA) is 211 Å². The van der Waals surface area contributed by atoms with Crippen LogP contribution in [0.5, 0.6) is 0 Å². The fraction of sp³-hybridized carbons (Fsp3) is 0.364. The molecule has 5 aromatic rings. The van der Waals surface area contributed by atoms with E-state index in [1.807, 2.05) is 36.1 Å². The quantitative estimate of drug-likeness (QED) is 0.0459. The van der Waals surface area contributed by atoms with E-state index in [1.165, 1.54) is 36.0 Å². The summed E-state index contributed by atoms with van der Waals surface area (Å²) in [6, 6.07) is 18.6. The van der Waals surface area contributed by atoms with Crippen LogP contribution in [0.4, 0.5) is 17.6 Å². The predicted molar refractivity (Wildman–Crippen MR) is 227 cm³/mol. The van der Waals surface area contributed by atoms with E-state index in [-0.39, 0.29) is 30.2 Å². The number of aliphatic carboxylic acids is 2. The number of carboxylic acids is 2. The van der Waals surface area contributed by atoms with Gasteiger partial charge in [0.05, 0.1) is 18.4 Å². The Labute approximate surface area is 369 Å². The molecule has 64 heavy (non-hydrogen) atoms. The fourth-order valence-corrected chi connectivity index (χ4v) is 7.80. The lowest BCUT2D eigenvalue weighted by Crippen LogP contribution is -2.48. The standard InChI is InChI=1S/C40H42F4N6O3S.C4H6O6/c1-27(32-21-45-46-22-32)36-24-49(39(47-38(36)52)54-26-29-5-13-34(41)14-6-29)25-37(51)50(35-15-17-48(18-16-35)19-20-53-2)23-28-3-7-30(8-4-28)31-9-11-33(12-10-31)40(42,43)44;5-1(3(7)8)2(6)4(9)10/h3-14,21-22,24,27,35H,15-20,23,25-26H2,1-2H3,(H,45,46);1-2,5-6H,(H,7,8)(H,9,10). The van der Waals surface area contributed by atoms with Gasteiger partial charge in [-0.1, -0.05) is 67.2 Å². The molecule has 0 radical (unpaired) electrons. The number of aliphatic hydroxyl groups is 2. The van der Waals surface area contributed by atoms with Crippen LogP contribution in [-0.4, -0.2) is 119 Å². The van der Waals surface area contributed by atoms with Crippen molar-refractivity contribution in [3.63, 3.8) is 0 Å². The van der Waals surface area contributed by atoms with Crippen LogP contribution >= 0.6 is 11.8 Å². The number of nitrogens with one attached hydrogen (secondary N) is 1. The van der Waals surface area contributed by atoms with Crippen LogP contribution in [0.3, 0.4) is 0 Å². The van der Waals surface area contributed by atoms with Crippen molar-refractivity contribution < 1.29 is 57.1 Å². The summed E-state index contributed by atoms with van der Waals surface area (Å²) in [4.78, 5) is 56.2. The molecule has 3 unspecified atom stereocenters. The number of alkyl halides is 3. The molecule has 3 aromatic carbocycles. The van der Waals surface area contributed by atoms with Gasteiger partial charge in [0.2, 0.25) is 5.91 Å². The SMILES string of the molecule is COCCN1CCC(N(Cc2ccc(-c3ccc(C(F)(F)F)cc3)cc2)C(=O)Cn2cc(C(C)c3cn[nH]c3)c(=O)nc2SCc2ccc(F)cc2)CC1.O=C(O)C(O)C(O)C(=O)O. The summed E-state index contributed by atoms with van der Waals surface area (Å²) in [6.45, 7) is 5.16. The number of aromatic nitrogens is 4. The van der Waals surface area contributed by atoms with E-state index < -0.39 is 41.4 Å². The lowest BCUT2D eigenvalue weighted by Gasteiger charge is -2.39. The molecule has 0 saturated carbocycles. The summed E-state index contributed by atoms with van der Waals surface area (Å²) in [7, 11) is 1.68. The maximum absolute atomic E-state index is 14.5. The number of methoxy groups -OCH3 is 1. The first-order valence-electron chi connectivity index (χ1n) is 20.0. The first-order valence-corrected chi connectivity index (χ1v) is 21.0. The second-order valence-electron chi connectivity index (χ2n) is 15.0. The molecule has 1 aliphatic rings. The van der Waals surface area contributed by atoms with Crippen LogP contribution < -0.4 is 5.56 Å². The zero-order valence-corrected chi connectivity index (χ0v) is 35.6. The summed E-state index contributed by atoms with van der Waals surface area (Å²) in [6.07, 6.45) is -2.34. The van der Waals surface area contributed by atoms with Crippen molar-refractivity contribution in [2.45, 2.75) is 74.1 Å². The Kier molecular flexibility index (Phi) is 17.3. The van der Waals surface area contributed by atoms with Crippen LogP contribution in [0.25, 0.3) is 11.1 Å². The predicted octanol–water partition coefficient (Wildman–Crippen LogP) is 5.25. The number of benzene rings is 3. The molecule has 1 saturated heterocycles. The number of aromatic amines is 1. The van der Waals surface area contributed by atoms with Crippen LogP contribution in [0.2, 0.25) is 0 Å². The molecule has 15 nitrogen and oxygen atoms in total. The van der Waals surface area contributed by atoms with Gasteiger partial charge in [0.25, 0.3) is 5.56 Å². The highest BCUT2D eigenvalue weighted by Gasteiger charge is 2.32. The molecule has 6 rings (SSSR count). The largest absolute Gasteiger partial charge is 0.479 e. The number of nitrogens with zero attached hydrogens (tertiary/aromatic N) is 5. The van der Waals surface area contributed by atoms with Crippen molar-refractivity contribution in [1.29, 1.82) is 0 Å². The Morgan fingerprint density at radius 3 is 2.03 bits per heavy atom. The number of piperidine rings is 1. The molecule has 2 aromatic heterocycles. The highest BCUT2D eigenvalue weighted by atomic mass is 32.2. The number of ether oxygens (including phenoxy) is 1. The number of rotatable bonds is 17. The van der Waals surface area contributed by atoms with Gasteiger partial charge in [0.1, 0.15) is 12.4 Å². The highest BCUT2D eigenvalue weighted by molar-refractivity contribution is 7.98. The molecule has 3 atom stereocenters. The number of carbonyl (C=O) groups excluding carboxylic acids is 1. The van der Waals surface area contributed by atoms with E-state index in [0.29, 0.717) is 35.2 Å². The van der Waals surface area contributed by atoms with E-state index in [9.17, 15) is 36.7 Å². The van der Waals surface area contributed by atoms with E-state index in [2.05, 4.69) is 20.1 Å². The number of hydrogen-bond acceptors (Lipinski definition) is 11. The van der Waals surface area contributed by atoms with E-state index in [1.54, 1.807) is 42.4 Å². The number of H-pyrrole nitrogens is 1. The monoisotopic (exact) mass is 912 g/mol. The van der Waals surface area contributed by atoms with Crippen LogP contribution in [-0.2, 0) is 44.1 Å². The van der Waals surface area contributed by atoms with Crippen LogP contribution in [0, 0.1) is 5.82 Å². The smallest absolute Gasteiger partial charge is 0.416 e. The molecular formula is C44H48F4N6O9S. The maximum Gasteiger partial charge on any atom is 0.416 e. The maximum atomic E-state index is 14.5. The van der Waals surface area contributed by atoms with Gasteiger partial charge in [-0.3, -0.25) is 14.7 Å². The van der Waals surface area contributed by atoms with Crippen LogP contribution in [0.15, 0.2) is 101 Å². The Morgan fingerprint density at radius 2 is 1.50 bits per heavy atom. The van der Waals surface area contributed by atoms with Crippen molar-refractivity contribution in [3.05, 3.63) is 135 Å². The number of carbonyl (C=O) groups is 3. The van der Waals surface area contributed by atoms with Gasteiger partial charge in [-0.05, 0) is 64.9 Å². The molecule has 3 heterocycles. The van der Waals surface area contributed by atoms with Gasteiger partial charge < -0.3 is 39.5 Å². The molecule has 0 spiro atoms. The molecule has 342 valence electrons. The molecule has 5 N–H and O–H groups in total. The van der Waals surface area contributed by atoms with Crippen LogP contribution in [0.1, 0.15) is 53.5 Å². The fourth-order valence-electron chi connectivity index (χ4n) is 6.88. The highest BCUT2D eigenvalue weighted by Crippen LogP contribution is 2.32. The van der Waals surface area contributed by atoms with Gasteiger partial charge in [0, 0.05) is 69.0 Å². The summed E-state index contributed by atoms with van der Waals surface area (Å²) in [5.74, 6) is -3.96. The normalized spacial score (nSPS) is 14.8. The van der Waals surface area contributed by atoms with E-state index in [0.717, 1.165) is 66.9 Å².